The molecule has 1 aromatic rings. The Morgan fingerprint density at radius 3 is 2.30 bits per heavy atom. The van der Waals surface area contributed by atoms with Crippen LogP contribution in [-0.4, -0.2) is 37.0 Å². The van der Waals surface area contributed by atoms with Gasteiger partial charge in [-0.15, -0.1) is 13.2 Å². The largest absolute Gasteiger partial charge is 0.573 e. The first-order chi connectivity index (χ1) is 10.4. The first kappa shape index (κ1) is 19.1. The van der Waals surface area contributed by atoms with E-state index in [9.17, 15) is 18.0 Å². The second-order valence-electron chi connectivity index (χ2n) is 6.08. The highest BCUT2D eigenvalue weighted by Gasteiger charge is 2.33. The average Bonchev–Trinajstić information content (AvgIpc) is 2.36. The van der Waals surface area contributed by atoms with Crippen LogP contribution in [0.1, 0.15) is 25.8 Å². The van der Waals surface area contributed by atoms with Crippen LogP contribution in [-0.2, 0) is 6.42 Å². The summed E-state index contributed by atoms with van der Waals surface area (Å²) in [5.41, 5.74) is 6.03. The summed E-state index contributed by atoms with van der Waals surface area (Å²) in [7, 11) is 2.84. The third kappa shape index (κ3) is 7.23. The summed E-state index contributed by atoms with van der Waals surface area (Å²) < 4.78 is 46.4. The molecule has 0 aliphatic rings. The Bertz CT molecular complexity index is 552. The molecule has 0 bridgehead atoms. The molecule has 1 rings (SSSR count). The fourth-order valence-electron chi connectivity index (χ4n) is 1.65. The van der Waals surface area contributed by atoms with Crippen LogP contribution in [0.25, 0.3) is 0 Å². The number of ether oxygens (including phenoxy) is 2. The zero-order valence-electron chi connectivity index (χ0n) is 13.5. The molecular weight excluding hydrogens is 313 g/mol. The predicted molar refractivity (Wildman–Crippen MR) is 79.4 cm³/mol. The van der Waals surface area contributed by atoms with Gasteiger partial charge in [0.1, 0.15) is 0 Å². The van der Waals surface area contributed by atoms with Gasteiger partial charge in [-0.2, -0.15) is 0 Å². The molecule has 0 heterocycles. The number of alkyl halides is 3. The Hall–Kier alpha value is -1.96. The van der Waals surface area contributed by atoms with Gasteiger partial charge in [-0.25, -0.2) is 4.79 Å². The normalized spacial score (nSPS) is 12.0. The van der Waals surface area contributed by atoms with Gasteiger partial charge in [0, 0.05) is 19.6 Å². The van der Waals surface area contributed by atoms with E-state index in [1.165, 1.54) is 26.2 Å². The van der Waals surface area contributed by atoms with Crippen LogP contribution < -0.4 is 15.2 Å². The lowest BCUT2D eigenvalue weighted by Crippen LogP contribution is -2.32. The van der Waals surface area contributed by atoms with Gasteiger partial charge in [0.25, 0.3) is 0 Å². The number of carbonyl (C=O) groups excluding carboxylic acids is 1. The fourth-order valence-corrected chi connectivity index (χ4v) is 1.65. The van der Waals surface area contributed by atoms with E-state index in [1.807, 2.05) is 13.8 Å². The van der Waals surface area contributed by atoms with Gasteiger partial charge in [-0.1, -0.05) is 6.07 Å². The third-order valence-corrected chi connectivity index (χ3v) is 2.85. The van der Waals surface area contributed by atoms with Gasteiger partial charge >= 0.3 is 12.5 Å². The monoisotopic (exact) mass is 334 g/mol. The van der Waals surface area contributed by atoms with E-state index >= 15 is 0 Å². The molecular formula is C15H21F3N2O3. The minimum absolute atomic E-state index is 0.295. The van der Waals surface area contributed by atoms with Crippen LogP contribution >= 0.6 is 0 Å². The average molecular weight is 334 g/mol. The number of hydrogen-bond donors (Lipinski definition) is 1. The van der Waals surface area contributed by atoms with E-state index in [0.717, 1.165) is 4.90 Å². The lowest BCUT2D eigenvalue weighted by atomic mass is 9.96. The predicted octanol–water partition coefficient (Wildman–Crippen LogP) is 3.32. The van der Waals surface area contributed by atoms with Crippen LogP contribution in [0.15, 0.2) is 18.2 Å². The van der Waals surface area contributed by atoms with E-state index in [-0.39, 0.29) is 5.75 Å². The molecule has 23 heavy (non-hydrogen) atoms. The molecule has 0 saturated carbocycles. The summed E-state index contributed by atoms with van der Waals surface area (Å²) in [5.74, 6) is -0.850. The van der Waals surface area contributed by atoms with E-state index in [2.05, 4.69) is 4.74 Å². The Kier molecular flexibility index (Phi) is 5.87. The Morgan fingerprint density at radius 2 is 1.83 bits per heavy atom. The minimum atomic E-state index is -4.88. The van der Waals surface area contributed by atoms with Crippen LogP contribution in [0.3, 0.4) is 0 Å². The second-order valence-corrected chi connectivity index (χ2v) is 6.08. The van der Waals surface area contributed by atoms with Crippen molar-refractivity contribution in [2.24, 2.45) is 5.73 Å². The van der Waals surface area contributed by atoms with Crippen molar-refractivity contribution in [1.29, 1.82) is 0 Å². The lowest BCUT2D eigenvalue weighted by molar-refractivity contribution is -0.275. The molecule has 130 valence electrons. The maximum absolute atomic E-state index is 12.5. The number of hydrogen-bond acceptors (Lipinski definition) is 4. The first-order valence-corrected chi connectivity index (χ1v) is 6.94. The van der Waals surface area contributed by atoms with Crippen molar-refractivity contribution >= 4 is 6.09 Å². The molecule has 0 aliphatic heterocycles. The van der Waals surface area contributed by atoms with Gasteiger partial charge in [-0.3, -0.25) is 0 Å². The summed E-state index contributed by atoms with van der Waals surface area (Å²) in [4.78, 5) is 12.6. The Balaban J connectivity index is 3.03. The second kappa shape index (κ2) is 7.08. The number of benzene rings is 1. The summed E-state index contributed by atoms with van der Waals surface area (Å²) in [6, 6.07) is 4.06. The number of carbonyl (C=O) groups is 1. The Labute approximate surface area is 133 Å². The molecule has 5 nitrogen and oxygen atoms in total. The summed E-state index contributed by atoms with van der Waals surface area (Å²) in [5, 5.41) is 0. The smallest absolute Gasteiger partial charge is 0.406 e. The van der Waals surface area contributed by atoms with Crippen LogP contribution in [0, 0.1) is 0 Å². The van der Waals surface area contributed by atoms with Gasteiger partial charge < -0.3 is 20.1 Å². The number of nitrogens with zero attached hydrogens (tertiary/aromatic N) is 1. The van der Waals surface area contributed by atoms with Crippen molar-refractivity contribution in [3.8, 4) is 11.5 Å². The topological polar surface area (TPSA) is 64.8 Å². The molecule has 2 N–H and O–H groups in total. The van der Waals surface area contributed by atoms with Crippen molar-refractivity contribution in [3.63, 3.8) is 0 Å². The van der Waals surface area contributed by atoms with Gasteiger partial charge in [-0.05, 0) is 44.4 Å². The molecule has 0 saturated heterocycles. The molecule has 0 radical (unpaired) electrons. The molecule has 8 heteroatoms. The van der Waals surface area contributed by atoms with Crippen molar-refractivity contribution in [2.45, 2.75) is 38.6 Å². The fraction of sp³-hybridized carbons (Fsp3) is 0.533. The molecule has 0 aromatic heterocycles. The third-order valence-electron chi connectivity index (χ3n) is 2.85. The van der Waals surface area contributed by atoms with Crippen molar-refractivity contribution in [1.82, 2.24) is 4.90 Å². The number of nitrogens with two attached hydrogens (primary N) is 1. The van der Waals surface area contributed by atoms with Gasteiger partial charge in [0.2, 0.25) is 0 Å². The number of rotatable bonds is 5. The lowest BCUT2D eigenvalue weighted by Gasteiger charge is -2.19. The van der Waals surface area contributed by atoms with Crippen molar-refractivity contribution < 1.29 is 27.4 Å². The highest BCUT2D eigenvalue weighted by atomic mass is 19.4. The van der Waals surface area contributed by atoms with Gasteiger partial charge in [0.05, 0.1) is 0 Å². The summed E-state index contributed by atoms with van der Waals surface area (Å²) in [6.07, 6.45) is -4.63. The highest BCUT2D eigenvalue weighted by molar-refractivity contribution is 5.71. The van der Waals surface area contributed by atoms with Crippen LogP contribution in [0.5, 0.6) is 11.5 Å². The van der Waals surface area contributed by atoms with E-state index in [0.29, 0.717) is 18.4 Å². The number of aryl methyl sites for hydroxylation is 1. The molecule has 0 atom stereocenters. The van der Waals surface area contributed by atoms with E-state index in [1.54, 1.807) is 6.07 Å². The minimum Gasteiger partial charge on any atom is -0.406 e. The molecule has 0 unspecified atom stereocenters. The maximum atomic E-state index is 12.5. The van der Waals surface area contributed by atoms with E-state index < -0.39 is 23.7 Å². The zero-order valence-corrected chi connectivity index (χ0v) is 13.5. The molecule has 1 amide bonds. The number of amides is 1. The summed E-state index contributed by atoms with van der Waals surface area (Å²) >= 11 is 0. The standard InChI is InChI=1S/C15H21F3N2O3/c1-14(2,19)8-7-10-5-6-11(22-13(21)20(3)4)12(9-10)23-15(16,17)18/h5-6,9H,7-8,19H2,1-4H3. The Morgan fingerprint density at radius 1 is 1.22 bits per heavy atom. The van der Waals surface area contributed by atoms with Crippen molar-refractivity contribution in [2.75, 3.05) is 14.1 Å². The SMILES string of the molecule is CN(C)C(=O)Oc1ccc(CCC(C)(C)N)cc1OC(F)(F)F. The van der Waals surface area contributed by atoms with E-state index in [4.69, 9.17) is 10.5 Å². The highest BCUT2D eigenvalue weighted by Crippen LogP contribution is 2.34. The maximum Gasteiger partial charge on any atom is 0.573 e. The molecule has 1 aromatic carbocycles. The molecule has 0 aliphatic carbocycles. The molecule has 0 fully saturated rings. The first-order valence-electron chi connectivity index (χ1n) is 6.94. The molecule has 0 spiro atoms. The zero-order chi connectivity index (χ0) is 17.8. The van der Waals surface area contributed by atoms with Crippen LogP contribution in [0.4, 0.5) is 18.0 Å². The van der Waals surface area contributed by atoms with Crippen molar-refractivity contribution in [3.05, 3.63) is 23.8 Å². The summed E-state index contributed by atoms with van der Waals surface area (Å²) in [6.45, 7) is 3.65. The van der Waals surface area contributed by atoms with Gasteiger partial charge in [0.15, 0.2) is 11.5 Å². The van der Waals surface area contributed by atoms with Crippen LogP contribution in [0.2, 0.25) is 0 Å². The quantitative estimate of drug-likeness (QED) is 0.897. The number of halogens is 3.